The smallest absolute Gasteiger partial charge is 0.106 e. The minimum Gasteiger partial charge on any atom is -0.314 e. The second kappa shape index (κ2) is 8.27. The van der Waals surface area contributed by atoms with Crippen LogP contribution in [0.4, 0.5) is 0 Å². The molecule has 0 saturated carbocycles. The van der Waals surface area contributed by atoms with Crippen LogP contribution in [0.2, 0.25) is 0 Å². The molecule has 6 heteroatoms. The number of hydrogen-bond donors (Lipinski definition) is 1. The monoisotopic (exact) mass is 341 g/mol. The van der Waals surface area contributed by atoms with Crippen molar-refractivity contribution < 1.29 is 0 Å². The van der Waals surface area contributed by atoms with Crippen molar-refractivity contribution in [2.24, 2.45) is 0 Å². The normalized spacial score (nSPS) is 17.8. The molecule has 2 heterocycles. The number of nitrogens with zero attached hydrogens (tertiary/aromatic N) is 2. The zero-order chi connectivity index (χ0) is 10.7. The summed E-state index contributed by atoms with van der Waals surface area (Å²) >= 11 is 3.36. The number of piperazine rings is 1. The van der Waals surface area contributed by atoms with Gasteiger partial charge in [0.15, 0.2) is 0 Å². The van der Waals surface area contributed by atoms with Crippen LogP contribution in [0, 0.1) is 0 Å². The molecule has 0 bridgehead atoms. The number of hydrogen-bond acceptors (Lipinski definition) is 3. The predicted octanol–water partition coefficient (Wildman–Crippen LogP) is 2.65. The Bertz CT molecular complexity index is 315. The molecule has 1 aromatic heterocycles. The van der Waals surface area contributed by atoms with Crippen molar-refractivity contribution in [2.45, 2.75) is 13.0 Å². The summed E-state index contributed by atoms with van der Waals surface area (Å²) in [5.41, 5.74) is 1.29. The quantitative estimate of drug-likeness (QED) is 0.837. The molecular formula is C11H18BrCl2N3. The van der Waals surface area contributed by atoms with Gasteiger partial charge in [0.05, 0.1) is 0 Å². The summed E-state index contributed by atoms with van der Waals surface area (Å²) in [4.78, 5) is 6.76. The second-order valence-corrected chi connectivity index (χ2v) is 4.69. The molecule has 1 aliphatic heterocycles. The van der Waals surface area contributed by atoms with E-state index >= 15 is 0 Å². The van der Waals surface area contributed by atoms with Crippen molar-refractivity contribution >= 4 is 40.7 Å². The zero-order valence-electron chi connectivity index (χ0n) is 9.73. The van der Waals surface area contributed by atoms with E-state index in [9.17, 15) is 0 Å². The second-order valence-electron chi connectivity index (χ2n) is 3.88. The molecule has 1 atom stereocenters. The summed E-state index contributed by atoms with van der Waals surface area (Å²) in [6.45, 7) is 6.67. The average molecular weight is 343 g/mol. The summed E-state index contributed by atoms with van der Waals surface area (Å²) in [6.07, 6.45) is 1.96. The largest absolute Gasteiger partial charge is 0.314 e. The SMILES string of the molecule is C[C@@H](c1ccc(Br)nc1)N1CCNCC1.Cl.Cl. The first-order chi connectivity index (χ1) is 7.27. The molecule has 1 saturated heterocycles. The number of rotatable bonds is 2. The maximum Gasteiger partial charge on any atom is 0.106 e. The molecule has 3 nitrogen and oxygen atoms in total. The summed E-state index contributed by atoms with van der Waals surface area (Å²) in [5.74, 6) is 0. The fraction of sp³-hybridized carbons (Fsp3) is 0.545. The standard InChI is InChI=1S/C11H16BrN3.2ClH/c1-9(15-6-4-13-5-7-15)10-2-3-11(12)14-8-10;;/h2-3,8-9,13H,4-7H2,1H3;2*1H/t9-;;/m0../s1. The van der Waals surface area contributed by atoms with Gasteiger partial charge in [-0.3, -0.25) is 4.90 Å². The zero-order valence-corrected chi connectivity index (χ0v) is 12.9. The van der Waals surface area contributed by atoms with Crippen LogP contribution in [0.1, 0.15) is 18.5 Å². The lowest BCUT2D eigenvalue weighted by molar-refractivity contribution is 0.185. The highest BCUT2D eigenvalue weighted by molar-refractivity contribution is 9.10. The van der Waals surface area contributed by atoms with Crippen molar-refractivity contribution in [3.05, 3.63) is 28.5 Å². The average Bonchev–Trinajstić information content (AvgIpc) is 2.30. The van der Waals surface area contributed by atoms with Gasteiger partial charge in [-0.15, -0.1) is 24.8 Å². The lowest BCUT2D eigenvalue weighted by Gasteiger charge is -2.32. The van der Waals surface area contributed by atoms with Crippen molar-refractivity contribution in [2.75, 3.05) is 26.2 Å². The van der Waals surface area contributed by atoms with E-state index in [1.165, 1.54) is 5.56 Å². The van der Waals surface area contributed by atoms with Crippen LogP contribution in [-0.4, -0.2) is 36.1 Å². The van der Waals surface area contributed by atoms with Crippen molar-refractivity contribution in [1.82, 2.24) is 15.2 Å². The Kier molecular flexibility index (Phi) is 8.33. The van der Waals surface area contributed by atoms with Gasteiger partial charge in [-0.05, 0) is 34.5 Å². The van der Waals surface area contributed by atoms with Crippen molar-refractivity contribution in [3.8, 4) is 0 Å². The van der Waals surface area contributed by atoms with Gasteiger partial charge in [-0.2, -0.15) is 0 Å². The number of halogens is 3. The molecular weight excluding hydrogens is 325 g/mol. The van der Waals surface area contributed by atoms with Gasteiger partial charge in [0.1, 0.15) is 4.60 Å². The van der Waals surface area contributed by atoms with Crippen LogP contribution < -0.4 is 5.32 Å². The molecule has 0 amide bonds. The first kappa shape index (κ1) is 17.1. The third-order valence-electron chi connectivity index (χ3n) is 2.93. The third kappa shape index (κ3) is 4.72. The summed E-state index contributed by atoms with van der Waals surface area (Å²) in [6, 6.07) is 4.62. The van der Waals surface area contributed by atoms with Crippen LogP contribution in [0.25, 0.3) is 0 Å². The van der Waals surface area contributed by atoms with Gasteiger partial charge in [-0.1, -0.05) is 6.07 Å². The van der Waals surface area contributed by atoms with Gasteiger partial charge in [0, 0.05) is 38.4 Å². The van der Waals surface area contributed by atoms with Crippen LogP contribution in [0.5, 0.6) is 0 Å². The minimum atomic E-state index is 0. The van der Waals surface area contributed by atoms with E-state index in [-0.39, 0.29) is 24.8 Å². The molecule has 2 rings (SSSR count). The van der Waals surface area contributed by atoms with Crippen LogP contribution >= 0.6 is 40.7 Å². The number of nitrogens with one attached hydrogen (secondary N) is 1. The first-order valence-electron chi connectivity index (χ1n) is 5.33. The molecule has 0 unspecified atom stereocenters. The van der Waals surface area contributed by atoms with E-state index in [1.54, 1.807) is 0 Å². The summed E-state index contributed by atoms with van der Waals surface area (Å²) < 4.78 is 0.902. The summed E-state index contributed by atoms with van der Waals surface area (Å²) in [5, 5.41) is 3.37. The van der Waals surface area contributed by atoms with E-state index in [4.69, 9.17) is 0 Å². The Balaban J connectivity index is 0.00000128. The Morgan fingerprint density at radius 1 is 1.29 bits per heavy atom. The molecule has 1 aliphatic rings. The Hall–Kier alpha value is 0.130. The molecule has 0 aliphatic carbocycles. The highest BCUT2D eigenvalue weighted by Gasteiger charge is 2.17. The Labute approximate surface area is 123 Å². The predicted molar refractivity (Wildman–Crippen MR) is 79.3 cm³/mol. The van der Waals surface area contributed by atoms with Gasteiger partial charge >= 0.3 is 0 Å². The Morgan fingerprint density at radius 3 is 2.47 bits per heavy atom. The highest BCUT2D eigenvalue weighted by atomic mass is 79.9. The van der Waals surface area contributed by atoms with E-state index in [0.717, 1.165) is 30.8 Å². The maximum absolute atomic E-state index is 4.27. The van der Waals surface area contributed by atoms with E-state index in [1.807, 2.05) is 12.3 Å². The van der Waals surface area contributed by atoms with E-state index in [0.29, 0.717) is 6.04 Å². The molecule has 17 heavy (non-hydrogen) atoms. The minimum absolute atomic E-state index is 0. The van der Waals surface area contributed by atoms with Gasteiger partial charge in [0.2, 0.25) is 0 Å². The number of aromatic nitrogens is 1. The third-order valence-corrected chi connectivity index (χ3v) is 3.40. The molecule has 1 aromatic rings. The number of pyridine rings is 1. The van der Waals surface area contributed by atoms with Crippen molar-refractivity contribution in [1.29, 1.82) is 0 Å². The molecule has 0 spiro atoms. The maximum atomic E-state index is 4.27. The molecule has 0 radical (unpaired) electrons. The van der Waals surface area contributed by atoms with Gasteiger partial charge in [-0.25, -0.2) is 4.98 Å². The fourth-order valence-corrected chi connectivity index (χ4v) is 2.15. The van der Waals surface area contributed by atoms with E-state index < -0.39 is 0 Å². The van der Waals surface area contributed by atoms with Gasteiger partial charge in [0.25, 0.3) is 0 Å². The van der Waals surface area contributed by atoms with E-state index in [2.05, 4.69) is 44.1 Å². The molecule has 98 valence electrons. The lowest BCUT2D eigenvalue weighted by atomic mass is 10.1. The molecule has 1 fully saturated rings. The van der Waals surface area contributed by atoms with Crippen LogP contribution in [-0.2, 0) is 0 Å². The first-order valence-corrected chi connectivity index (χ1v) is 6.13. The fourth-order valence-electron chi connectivity index (χ4n) is 1.91. The highest BCUT2D eigenvalue weighted by Crippen LogP contribution is 2.20. The summed E-state index contributed by atoms with van der Waals surface area (Å²) in [7, 11) is 0. The molecule has 1 N–H and O–H groups in total. The lowest BCUT2D eigenvalue weighted by Crippen LogP contribution is -2.44. The van der Waals surface area contributed by atoms with Gasteiger partial charge < -0.3 is 5.32 Å². The van der Waals surface area contributed by atoms with Crippen LogP contribution in [0.15, 0.2) is 22.9 Å². The topological polar surface area (TPSA) is 28.2 Å². The Morgan fingerprint density at radius 2 is 1.94 bits per heavy atom. The van der Waals surface area contributed by atoms with Crippen LogP contribution in [0.3, 0.4) is 0 Å². The molecule has 0 aromatic carbocycles. The van der Waals surface area contributed by atoms with Crippen molar-refractivity contribution in [3.63, 3.8) is 0 Å².